The SMILES string of the molecule is CC(=NNC(=O)CN(c1cccnc1)S(=O)(=O)c1ccccc1)c1ccc2c(c1)[C@@H]1C=CC[C@@H]1[C@H](c1ccccc1)N2. The summed E-state index contributed by atoms with van der Waals surface area (Å²) < 4.78 is 27.9. The van der Waals surface area contributed by atoms with Gasteiger partial charge in [0.15, 0.2) is 0 Å². The summed E-state index contributed by atoms with van der Waals surface area (Å²) in [6.07, 6.45) is 8.51. The van der Waals surface area contributed by atoms with Crippen LogP contribution in [0.15, 0.2) is 126 Å². The first-order chi connectivity index (χ1) is 20.4. The van der Waals surface area contributed by atoms with Crippen LogP contribution in [-0.4, -0.2) is 31.6 Å². The lowest BCUT2D eigenvalue weighted by Crippen LogP contribution is -2.39. The highest BCUT2D eigenvalue weighted by molar-refractivity contribution is 7.92. The molecule has 1 aliphatic carbocycles. The number of carbonyl (C=O) groups excluding carboxylic acids is 1. The molecular formula is C33H31N5O3S. The molecule has 212 valence electrons. The summed E-state index contributed by atoms with van der Waals surface area (Å²) in [7, 11) is -4.01. The number of hydrogen-bond donors (Lipinski definition) is 2. The number of aromatic nitrogens is 1. The maximum Gasteiger partial charge on any atom is 0.264 e. The van der Waals surface area contributed by atoms with E-state index in [4.69, 9.17) is 0 Å². The molecule has 9 heteroatoms. The molecule has 0 unspecified atom stereocenters. The average molecular weight is 578 g/mol. The second-order valence-corrected chi connectivity index (χ2v) is 12.3. The number of hydrogen-bond acceptors (Lipinski definition) is 6. The van der Waals surface area contributed by atoms with Crippen molar-refractivity contribution in [2.45, 2.75) is 30.2 Å². The predicted octanol–water partition coefficient (Wildman–Crippen LogP) is 5.64. The third kappa shape index (κ3) is 5.43. The van der Waals surface area contributed by atoms with Crippen LogP contribution in [0.3, 0.4) is 0 Å². The highest BCUT2D eigenvalue weighted by Crippen LogP contribution is 2.49. The first-order valence-electron chi connectivity index (χ1n) is 13.9. The van der Waals surface area contributed by atoms with Crippen LogP contribution in [0.25, 0.3) is 0 Å². The van der Waals surface area contributed by atoms with Crippen LogP contribution in [0.1, 0.15) is 42.0 Å². The minimum atomic E-state index is -4.01. The maximum absolute atomic E-state index is 13.4. The quantitative estimate of drug-likeness (QED) is 0.160. The van der Waals surface area contributed by atoms with Gasteiger partial charge in [-0.15, -0.1) is 0 Å². The Morgan fingerprint density at radius 2 is 1.79 bits per heavy atom. The molecule has 6 rings (SSSR count). The highest BCUT2D eigenvalue weighted by Gasteiger charge is 2.38. The smallest absolute Gasteiger partial charge is 0.264 e. The molecule has 1 aromatic heterocycles. The van der Waals surface area contributed by atoms with E-state index in [-0.39, 0.29) is 22.5 Å². The van der Waals surface area contributed by atoms with Crippen molar-refractivity contribution < 1.29 is 13.2 Å². The lowest BCUT2D eigenvalue weighted by molar-refractivity contribution is -0.119. The molecule has 0 radical (unpaired) electrons. The fourth-order valence-corrected chi connectivity index (χ4v) is 7.15. The minimum absolute atomic E-state index is 0.0813. The number of anilines is 2. The minimum Gasteiger partial charge on any atom is -0.378 e. The Kier molecular flexibility index (Phi) is 7.58. The van der Waals surface area contributed by atoms with Gasteiger partial charge in [0, 0.05) is 17.8 Å². The number of rotatable bonds is 8. The van der Waals surface area contributed by atoms with Gasteiger partial charge in [0.1, 0.15) is 6.54 Å². The summed E-state index contributed by atoms with van der Waals surface area (Å²) in [5.41, 5.74) is 7.92. The van der Waals surface area contributed by atoms with Crippen LogP contribution in [0, 0.1) is 5.92 Å². The van der Waals surface area contributed by atoms with Gasteiger partial charge in [-0.2, -0.15) is 5.10 Å². The summed E-state index contributed by atoms with van der Waals surface area (Å²) >= 11 is 0. The molecular weight excluding hydrogens is 546 g/mol. The molecule has 0 spiro atoms. The van der Waals surface area contributed by atoms with E-state index >= 15 is 0 Å². The van der Waals surface area contributed by atoms with E-state index in [0.29, 0.717) is 11.6 Å². The van der Waals surface area contributed by atoms with Crippen molar-refractivity contribution in [3.8, 4) is 0 Å². The molecule has 2 N–H and O–H groups in total. The Bertz CT molecular complexity index is 1740. The number of fused-ring (bicyclic) bond motifs is 3. The summed E-state index contributed by atoms with van der Waals surface area (Å²) in [5.74, 6) is 0.129. The third-order valence-corrected chi connectivity index (χ3v) is 9.63. The topological polar surface area (TPSA) is 104 Å². The van der Waals surface area contributed by atoms with Crippen LogP contribution in [0.5, 0.6) is 0 Å². The fraction of sp³-hybridized carbons (Fsp3) is 0.182. The number of nitrogens with zero attached hydrogens (tertiary/aromatic N) is 3. The zero-order valence-electron chi connectivity index (χ0n) is 23.1. The van der Waals surface area contributed by atoms with Crippen molar-refractivity contribution in [3.63, 3.8) is 0 Å². The van der Waals surface area contributed by atoms with E-state index in [1.807, 2.05) is 19.1 Å². The molecule has 42 heavy (non-hydrogen) atoms. The number of benzene rings is 3. The number of sulfonamides is 1. The van der Waals surface area contributed by atoms with Gasteiger partial charge in [-0.05, 0) is 72.4 Å². The van der Waals surface area contributed by atoms with Crippen molar-refractivity contribution in [2.75, 3.05) is 16.2 Å². The normalized spacial score (nSPS) is 19.4. The molecule has 8 nitrogen and oxygen atoms in total. The van der Waals surface area contributed by atoms with E-state index < -0.39 is 22.5 Å². The van der Waals surface area contributed by atoms with E-state index in [2.05, 4.69) is 69.4 Å². The van der Waals surface area contributed by atoms with Crippen LogP contribution in [-0.2, 0) is 14.8 Å². The van der Waals surface area contributed by atoms with Crippen LogP contribution in [0.4, 0.5) is 11.4 Å². The number of hydrazone groups is 1. The third-order valence-electron chi connectivity index (χ3n) is 7.84. The first-order valence-corrected chi connectivity index (χ1v) is 15.3. The van der Waals surface area contributed by atoms with E-state index in [0.717, 1.165) is 22.0 Å². The summed E-state index contributed by atoms with van der Waals surface area (Å²) in [6.45, 7) is 1.37. The Hall–Kier alpha value is -4.76. The number of pyridine rings is 1. The van der Waals surface area contributed by atoms with Crippen LogP contribution in [0.2, 0.25) is 0 Å². The molecule has 1 amide bonds. The zero-order valence-corrected chi connectivity index (χ0v) is 23.9. The van der Waals surface area contributed by atoms with Gasteiger partial charge < -0.3 is 5.32 Å². The second-order valence-electron chi connectivity index (χ2n) is 10.5. The average Bonchev–Trinajstić information content (AvgIpc) is 3.54. The second kappa shape index (κ2) is 11.6. The van der Waals surface area contributed by atoms with E-state index in [1.165, 1.54) is 29.5 Å². The van der Waals surface area contributed by atoms with Gasteiger partial charge in [0.2, 0.25) is 0 Å². The van der Waals surface area contributed by atoms with Gasteiger partial charge in [-0.25, -0.2) is 13.8 Å². The number of carbonyl (C=O) groups is 1. The van der Waals surface area contributed by atoms with Crippen molar-refractivity contribution in [1.82, 2.24) is 10.4 Å². The summed E-state index contributed by atoms with van der Waals surface area (Å²) in [4.78, 5) is 17.1. The first kappa shape index (κ1) is 27.4. The Morgan fingerprint density at radius 1 is 1.02 bits per heavy atom. The molecule has 3 aromatic carbocycles. The van der Waals surface area contributed by atoms with Gasteiger partial charge in [-0.3, -0.25) is 14.1 Å². The van der Waals surface area contributed by atoms with Gasteiger partial charge >= 0.3 is 0 Å². The zero-order chi connectivity index (χ0) is 29.1. The van der Waals surface area contributed by atoms with Crippen molar-refractivity contribution >= 4 is 33.0 Å². The van der Waals surface area contributed by atoms with E-state index in [1.54, 1.807) is 36.5 Å². The Morgan fingerprint density at radius 3 is 2.52 bits per heavy atom. The maximum atomic E-state index is 13.4. The molecule has 4 aromatic rings. The number of amides is 1. The number of nitrogens with one attached hydrogen (secondary N) is 2. The van der Waals surface area contributed by atoms with Gasteiger partial charge in [0.25, 0.3) is 15.9 Å². The molecule has 2 heterocycles. The molecule has 3 atom stereocenters. The van der Waals surface area contributed by atoms with Crippen LogP contribution >= 0.6 is 0 Å². The lowest BCUT2D eigenvalue weighted by Gasteiger charge is -2.37. The number of allylic oxidation sites excluding steroid dienone is 2. The van der Waals surface area contributed by atoms with Crippen LogP contribution < -0.4 is 15.0 Å². The van der Waals surface area contributed by atoms with E-state index in [9.17, 15) is 13.2 Å². The Balaban J connectivity index is 1.21. The molecule has 1 aliphatic heterocycles. The molecule has 0 saturated heterocycles. The lowest BCUT2D eigenvalue weighted by atomic mass is 9.76. The molecule has 0 saturated carbocycles. The van der Waals surface area contributed by atoms with Crippen molar-refractivity contribution in [3.05, 3.63) is 132 Å². The highest BCUT2D eigenvalue weighted by atomic mass is 32.2. The predicted molar refractivity (Wildman–Crippen MR) is 165 cm³/mol. The molecule has 0 fully saturated rings. The standard InChI is InChI=1S/C33H31N5O3S/c1-23(25-17-18-31-30(20-25)28-15-8-16-29(28)33(35-31)24-10-4-2-5-11-24)36-37-32(39)22-38(26-12-9-19-34-21-26)42(40,41)27-13-6-3-7-14-27/h2-15,17-21,28-29,33,35H,16,22H2,1H3,(H,37,39)/t28-,29+,33+/m1/s1. The van der Waals surface area contributed by atoms with Gasteiger partial charge in [-0.1, -0.05) is 66.7 Å². The van der Waals surface area contributed by atoms with Crippen molar-refractivity contribution in [1.29, 1.82) is 0 Å². The van der Waals surface area contributed by atoms with Crippen molar-refractivity contribution in [2.24, 2.45) is 11.0 Å². The largest absolute Gasteiger partial charge is 0.378 e. The summed E-state index contributed by atoms with van der Waals surface area (Å²) in [5, 5.41) is 8.08. The fourth-order valence-electron chi connectivity index (χ4n) is 5.72. The molecule has 0 bridgehead atoms. The summed E-state index contributed by atoms with van der Waals surface area (Å²) in [6, 6.07) is 28.2. The monoisotopic (exact) mass is 577 g/mol. The molecule has 2 aliphatic rings. The van der Waals surface area contributed by atoms with Gasteiger partial charge in [0.05, 0.1) is 28.5 Å². The Labute approximate surface area is 245 Å².